The fraction of sp³-hybridized carbons (Fsp3) is 0.391. The van der Waals surface area contributed by atoms with Gasteiger partial charge in [0, 0.05) is 54.1 Å². The molecular formula is C23H22ClF2N5O2S. The molecule has 3 aliphatic rings. The van der Waals surface area contributed by atoms with Crippen LogP contribution in [0.5, 0.6) is 0 Å². The fourth-order valence-electron chi connectivity index (χ4n) is 5.68. The number of fused-ring (bicyclic) bond motifs is 5. The number of halogens is 3. The van der Waals surface area contributed by atoms with E-state index in [1.165, 1.54) is 18.6 Å². The number of aromatic amines is 1. The van der Waals surface area contributed by atoms with Gasteiger partial charge in [0.2, 0.25) is 0 Å². The topological polar surface area (TPSA) is 96.7 Å². The Kier molecular flexibility index (Phi) is 6.20. The summed E-state index contributed by atoms with van der Waals surface area (Å²) in [5.41, 5.74) is 1.79. The van der Waals surface area contributed by atoms with Gasteiger partial charge in [-0.2, -0.15) is 3.89 Å². The highest BCUT2D eigenvalue weighted by atomic mass is 35.5. The highest BCUT2D eigenvalue weighted by Crippen LogP contribution is 2.52. The Balaban J connectivity index is 0.000000764. The molecule has 4 heterocycles. The maximum atomic E-state index is 14.8. The minimum absolute atomic E-state index is 0.121. The molecule has 7 rings (SSSR count). The number of carbonyl (C=O) groups is 1. The van der Waals surface area contributed by atoms with E-state index in [0.29, 0.717) is 33.1 Å². The van der Waals surface area contributed by atoms with Crippen molar-refractivity contribution in [3.8, 4) is 11.4 Å². The first kappa shape index (κ1) is 23.0. The Morgan fingerprint density at radius 2 is 1.91 bits per heavy atom. The Morgan fingerprint density at radius 3 is 2.62 bits per heavy atom. The zero-order valence-electron chi connectivity index (χ0n) is 18.2. The molecule has 0 aromatic carbocycles. The van der Waals surface area contributed by atoms with Crippen LogP contribution in [0.2, 0.25) is 5.02 Å². The summed E-state index contributed by atoms with van der Waals surface area (Å²) < 4.78 is 26.8. The number of hydrogen-bond donors (Lipinski definition) is 2. The van der Waals surface area contributed by atoms with Crippen LogP contribution >= 0.6 is 23.7 Å². The maximum Gasteiger partial charge on any atom is 0.308 e. The van der Waals surface area contributed by atoms with Crippen molar-refractivity contribution < 1.29 is 18.2 Å². The van der Waals surface area contributed by atoms with Gasteiger partial charge in [-0.25, -0.2) is 19.3 Å². The first-order valence-corrected chi connectivity index (χ1v) is 12.5. The van der Waals surface area contributed by atoms with Crippen LogP contribution in [0.15, 0.2) is 30.9 Å². The van der Waals surface area contributed by atoms with Crippen LogP contribution in [0.1, 0.15) is 31.7 Å². The van der Waals surface area contributed by atoms with Crippen molar-refractivity contribution in [2.24, 2.45) is 17.8 Å². The molecule has 178 valence electrons. The second-order valence-corrected chi connectivity index (χ2v) is 9.50. The molecule has 4 aromatic heterocycles. The smallest absolute Gasteiger partial charge is 0.308 e. The second-order valence-electron chi connectivity index (χ2n) is 8.75. The van der Waals surface area contributed by atoms with Crippen LogP contribution in [0.3, 0.4) is 0 Å². The molecule has 3 fully saturated rings. The molecule has 0 spiro atoms. The Hall–Kier alpha value is -2.72. The van der Waals surface area contributed by atoms with Crippen molar-refractivity contribution in [2.75, 3.05) is 6.26 Å². The van der Waals surface area contributed by atoms with E-state index < -0.39 is 17.7 Å². The summed E-state index contributed by atoms with van der Waals surface area (Å²) in [6.07, 6.45) is 11.3. The Labute approximate surface area is 203 Å². The molecule has 11 heteroatoms. The number of rotatable bonds is 3. The molecule has 0 unspecified atom stereocenters. The zero-order valence-corrected chi connectivity index (χ0v) is 19.8. The average molecular weight is 506 g/mol. The van der Waals surface area contributed by atoms with Gasteiger partial charge in [0.25, 0.3) is 0 Å². The molecular weight excluding hydrogens is 484 g/mol. The molecule has 2 N–H and O–H groups in total. The number of nitrogens with one attached hydrogen (secondary N) is 1. The molecule has 2 atom stereocenters. The Morgan fingerprint density at radius 1 is 1.21 bits per heavy atom. The van der Waals surface area contributed by atoms with E-state index in [2.05, 4.69) is 15.0 Å². The Bertz CT molecular complexity index is 1370. The lowest BCUT2D eigenvalue weighted by atomic mass is 9.61. The van der Waals surface area contributed by atoms with Gasteiger partial charge in [-0.1, -0.05) is 11.6 Å². The van der Waals surface area contributed by atoms with Gasteiger partial charge in [0.15, 0.2) is 11.6 Å². The van der Waals surface area contributed by atoms with E-state index in [4.69, 9.17) is 16.6 Å². The van der Waals surface area contributed by atoms with Gasteiger partial charge in [-0.15, -0.1) is 0 Å². The number of nitrogens with zero attached hydrogens (tertiary/aromatic N) is 4. The monoisotopic (exact) mass is 505 g/mol. The third-order valence-electron chi connectivity index (χ3n) is 7.04. The van der Waals surface area contributed by atoms with Gasteiger partial charge in [0.05, 0.1) is 22.4 Å². The van der Waals surface area contributed by atoms with Crippen LogP contribution in [-0.4, -0.2) is 41.8 Å². The van der Waals surface area contributed by atoms with Gasteiger partial charge in [-0.05, 0) is 43.6 Å². The predicted octanol–water partition coefficient (Wildman–Crippen LogP) is 6.06. The van der Waals surface area contributed by atoms with E-state index in [1.54, 1.807) is 23.0 Å². The summed E-state index contributed by atoms with van der Waals surface area (Å²) in [6, 6.07) is 1.47. The molecule has 34 heavy (non-hydrogen) atoms. The van der Waals surface area contributed by atoms with E-state index in [1.807, 2.05) is 0 Å². The number of carboxylic acids is 1. The van der Waals surface area contributed by atoms with Gasteiger partial charge >= 0.3 is 5.97 Å². The van der Waals surface area contributed by atoms with Crippen LogP contribution in [-0.2, 0) is 4.79 Å². The minimum Gasteiger partial charge on any atom is -0.481 e. The number of H-pyrrole nitrogens is 1. The van der Waals surface area contributed by atoms with E-state index in [0.717, 1.165) is 31.1 Å². The third-order valence-corrected chi connectivity index (χ3v) is 7.25. The van der Waals surface area contributed by atoms with Crippen LogP contribution in [0, 0.1) is 23.6 Å². The largest absolute Gasteiger partial charge is 0.481 e. The molecule has 0 radical (unpaired) electrons. The first-order valence-electron chi connectivity index (χ1n) is 11.0. The molecule has 2 bridgehead atoms. The molecule has 3 aliphatic carbocycles. The summed E-state index contributed by atoms with van der Waals surface area (Å²) in [7, 11) is 0. The molecule has 4 aromatic rings. The molecule has 0 aliphatic heterocycles. The fourth-order valence-corrected chi connectivity index (χ4v) is 5.83. The summed E-state index contributed by atoms with van der Waals surface area (Å²) in [5, 5.41) is 11.5. The zero-order chi connectivity index (χ0) is 24.0. The van der Waals surface area contributed by atoms with Crippen molar-refractivity contribution in [1.82, 2.24) is 24.5 Å². The van der Waals surface area contributed by atoms with Gasteiger partial charge in [0.1, 0.15) is 11.3 Å². The highest BCUT2D eigenvalue weighted by Gasteiger charge is 2.48. The van der Waals surface area contributed by atoms with E-state index >= 15 is 0 Å². The van der Waals surface area contributed by atoms with Crippen LogP contribution < -0.4 is 0 Å². The predicted molar refractivity (Wildman–Crippen MR) is 128 cm³/mol. The minimum atomic E-state index is -0.812. The van der Waals surface area contributed by atoms with E-state index in [9.17, 15) is 18.2 Å². The van der Waals surface area contributed by atoms with Crippen LogP contribution in [0.4, 0.5) is 8.28 Å². The molecule has 3 saturated carbocycles. The van der Waals surface area contributed by atoms with Crippen molar-refractivity contribution in [3.05, 3.63) is 41.7 Å². The van der Waals surface area contributed by atoms with Crippen LogP contribution in [0.25, 0.3) is 33.5 Å². The normalized spacial score (nSPS) is 23.8. The van der Waals surface area contributed by atoms with Gasteiger partial charge in [-0.3, -0.25) is 4.79 Å². The second kappa shape index (κ2) is 9.14. The first-order chi connectivity index (χ1) is 16.4. The maximum absolute atomic E-state index is 14.8. The van der Waals surface area contributed by atoms with Crippen molar-refractivity contribution in [2.45, 2.75) is 31.7 Å². The lowest BCUT2D eigenvalue weighted by molar-refractivity contribution is -0.151. The highest BCUT2D eigenvalue weighted by molar-refractivity contribution is 7.93. The van der Waals surface area contributed by atoms with Crippen molar-refractivity contribution in [3.63, 3.8) is 0 Å². The molecule has 0 saturated heterocycles. The third kappa shape index (κ3) is 3.82. The summed E-state index contributed by atoms with van der Waals surface area (Å²) in [4.78, 5) is 28.6. The lowest BCUT2D eigenvalue weighted by Gasteiger charge is -2.47. The number of aliphatic carboxylic acids is 1. The SMILES string of the molecule is CSF.O=C(O)[C@H]1C2CCC(CC2)[C@@H]1n1cc(F)c2cnc(-c3c[nH]c4ncc(Cl)cc34)nc21. The van der Waals surface area contributed by atoms with Crippen molar-refractivity contribution in [1.29, 1.82) is 0 Å². The van der Waals surface area contributed by atoms with E-state index in [-0.39, 0.29) is 30.0 Å². The quantitative estimate of drug-likeness (QED) is 0.351. The van der Waals surface area contributed by atoms with Gasteiger partial charge < -0.3 is 14.7 Å². The standard InChI is InChI=1S/C22H19ClFN5O2.CH3FS/c23-12-5-13-14(7-26-19(13)25-6-12)20-27-8-15-16(24)9-29(21(15)28-20)18-11-3-1-10(2-4-11)17(18)22(30)31;1-3-2/h5-11,17-18H,1-4H2,(H,25,26)(H,30,31);1H3/t10?,11?,17-,18-;/m0./s1. The average Bonchev–Trinajstić information content (AvgIpc) is 3.40. The molecule has 0 amide bonds. The summed E-state index contributed by atoms with van der Waals surface area (Å²) >= 11 is 6.37. The molecule has 7 nitrogen and oxygen atoms in total. The van der Waals surface area contributed by atoms with Crippen molar-refractivity contribution >= 4 is 51.8 Å². The lowest BCUT2D eigenvalue weighted by Crippen LogP contribution is -2.44. The number of carboxylic acid groups (broad SMARTS) is 1. The number of pyridine rings is 1. The number of hydrogen-bond acceptors (Lipinski definition) is 5. The summed E-state index contributed by atoms with van der Waals surface area (Å²) in [6.45, 7) is 0. The number of aromatic nitrogens is 5. The summed E-state index contributed by atoms with van der Waals surface area (Å²) in [5.74, 6) is -1.04.